The van der Waals surface area contributed by atoms with Gasteiger partial charge >= 0.3 is 0 Å². The third-order valence-corrected chi connectivity index (χ3v) is 5.18. The van der Waals surface area contributed by atoms with Gasteiger partial charge in [0.25, 0.3) is 11.5 Å². The number of carbonyl (C=O) groups is 1. The Labute approximate surface area is 179 Å². The van der Waals surface area contributed by atoms with Gasteiger partial charge < -0.3 is 14.6 Å². The van der Waals surface area contributed by atoms with Gasteiger partial charge in [0.15, 0.2) is 0 Å². The van der Waals surface area contributed by atoms with E-state index in [1.54, 1.807) is 41.2 Å². The van der Waals surface area contributed by atoms with Gasteiger partial charge in [0.1, 0.15) is 5.76 Å². The zero-order chi connectivity index (χ0) is 21.8. The first kappa shape index (κ1) is 20.4. The zero-order valence-corrected chi connectivity index (χ0v) is 17.5. The number of nitrogens with one attached hydrogen (secondary N) is 1. The second-order valence-electron chi connectivity index (χ2n) is 7.05. The molecule has 0 saturated heterocycles. The minimum atomic E-state index is -0.253. The van der Waals surface area contributed by atoms with Crippen LogP contribution in [0.3, 0.4) is 0 Å². The summed E-state index contributed by atoms with van der Waals surface area (Å²) < 4.78 is 6.88. The molecule has 2 aromatic heterocycles. The van der Waals surface area contributed by atoms with E-state index in [1.165, 1.54) is 0 Å². The Morgan fingerprint density at radius 3 is 2.52 bits per heavy atom. The lowest BCUT2D eigenvalue weighted by Gasteiger charge is -2.24. The van der Waals surface area contributed by atoms with Crippen LogP contribution in [0.5, 0.6) is 0 Å². The molecule has 1 amide bonds. The van der Waals surface area contributed by atoms with Crippen molar-refractivity contribution in [3.8, 4) is 5.69 Å². The van der Waals surface area contributed by atoms with E-state index in [4.69, 9.17) is 9.40 Å². The van der Waals surface area contributed by atoms with Gasteiger partial charge in [-0.1, -0.05) is 18.2 Å². The molecule has 0 aliphatic rings. The Kier molecular flexibility index (Phi) is 5.84. The number of aromatic nitrogens is 2. The van der Waals surface area contributed by atoms with Crippen LogP contribution in [-0.4, -0.2) is 28.5 Å². The van der Waals surface area contributed by atoms with Gasteiger partial charge in [-0.15, -0.1) is 0 Å². The van der Waals surface area contributed by atoms with Crippen molar-refractivity contribution in [1.82, 2.24) is 14.9 Å². The Morgan fingerprint density at radius 2 is 1.84 bits per heavy atom. The SMILES string of the molecule is CCN(CC)c1nc2cc(C(=O)NCc3ccco3)ccc2c(=O)n1-c1ccccc1. The quantitative estimate of drug-likeness (QED) is 0.496. The number of anilines is 1. The van der Waals surface area contributed by atoms with E-state index in [0.29, 0.717) is 41.3 Å². The van der Waals surface area contributed by atoms with E-state index in [9.17, 15) is 9.59 Å². The molecule has 0 unspecified atom stereocenters. The standard InChI is InChI=1S/C24H24N4O3/c1-3-27(4-2)24-26-21-15-17(22(29)25-16-19-11-8-14-31-19)12-13-20(21)23(30)28(24)18-9-6-5-7-10-18/h5-15H,3-4,16H2,1-2H3,(H,25,29). The van der Waals surface area contributed by atoms with Gasteiger partial charge in [0.2, 0.25) is 5.95 Å². The zero-order valence-electron chi connectivity index (χ0n) is 17.5. The predicted octanol–water partition coefficient (Wildman–Crippen LogP) is 3.75. The number of benzene rings is 2. The van der Waals surface area contributed by atoms with Gasteiger partial charge in [-0.05, 0) is 56.3 Å². The normalized spacial score (nSPS) is 10.9. The number of hydrogen-bond donors (Lipinski definition) is 1. The first-order valence-corrected chi connectivity index (χ1v) is 10.3. The largest absolute Gasteiger partial charge is 0.467 e. The molecule has 158 valence electrons. The molecular formula is C24H24N4O3. The molecule has 7 nitrogen and oxygen atoms in total. The lowest BCUT2D eigenvalue weighted by Crippen LogP contribution is -2.32. The molecule has 4 aromatic rings. The molecule has 0 saturated carbocycles. The topological polar surface area (TPSA) is 80.4 Å². The van der Waals surface area contributed by atoms with Gasteiger partial charge in [0.05, 0.1) is 29.4 Å². The van der Waals surface area contributed by atoms with Crippen LogP contribution >= 0.6 is 0 Å². The molecule has 31 heavy (non-hydrogen) atoms. The van der Waals surface area contributed by atoms with E-state index in [2.05, 4.69) is 5.32 Å². The van der Waals surface area contributed by atoms with Gasteiger partial charge in [0, 0.05) is 18.7 Å². The van der Waals surface area contributed by atoms with E-state index in [1.807, 2.05) is 49.1 Å². The van der Waals surface area contributed by atoms with Crippen LogP contribution in [0.25, 0.3) is 16.6 Å². The summed E-state index contributed by atoms with van der Waals surface area (Å²) in [6.07, 6.45) is 1.56. The molecule has 0 aliphatic carbocycles. The highest BCUT2D eigenvalue weighted by Gasteiger charge is 2.18. The van der Waals surface area contributed by atoms with Crippen molar-refractivity contribution < 1.29 is 9.21 Å². The number of fused-ring (bicyclic) bond motifs is 1. The van der Waals surface area contributed by atoms with E-state index < -0.39 is 0 Å². The van der Waals surface area contributed by atoms with Crippen LogP contribution in [0, 0.1) is 0 Å². The van der Waals surface area contributed by atoms with E-state index in [0.717, 1.165) is 5.69 Å². The number of furan rings is 1. The predicted molar refractivity (Wildman–Crippen MR) is 121 cm³/mol. The fourth-order valence-electron chi connectivity index (χ4n) is 3.53. The fraction of sp³-hybridized carbons (Fsp3) is 0.208. The summed E-state index contributed by atoms with van der Waals surface area (Å²) in [7, 11) is 0. The van der Waals surface area contributed by atoms with Crippen LogP contribution in [0.4, 0.5) is 5.95 Å². The van der Waals surface area contributed by atoms with Crippen molar-refractivity contribution in [2.75, 3.05) is 18.0 Å². The molecule has 0 bridgehead atoms. The number of hydrogen-bond acceptors (Lipinski definition) is 5. The molecule has 7 heteroatoms. The summed E-state index contributed by atoms with van der Waals surface area (Å²) in [5, 5.41) is 3.28. The summed E-state index contributed by atoms with van der Waals surface area (Å²) in [4.78, 5) is 32.9. The van der Waals surface area contributed by atoms with Crippen molar-refractivity contribution in [2.45, 2.75) is 20.4 Å². The molecule has 0 atom stereocenters. The minimum Gasteiger partial charge on any atom is -0.467 e. The van der Waals surface area contributed by atoms with Crippen molar-refractivity contribution >= 4 is 22.8 Å². The van der Waals surface area contributed by atoms with Crippen LogP contribution in [0.2, 0.25) is 0 Å². The second-order valence-corrected chi connectivity index (χ2v) is 7.05. The lowest BCUT2D eigenvalue weighted by atomic mass is 10.1. The molecule has 0 radical (unpaired) electrons. The van der Waals surface area contributed by atoms with Crippen LogP contribution < -0.4 is 15.8 Å². The third kappa shape index (κ3) is 4.07. The summed E-state index contributed by atoms with van der Waals surface area (Å²) in [6, 6.07) is 18.0. The molecule has 1 N–H and O–H groups in total. The highest BCUT2D eigenvalue weighted by atomic mass is 16.3. The van der Waals surface area contributed by atoms with E-state index in [-0.39, 0.29) is 18.0 Å². The Morgan fingerprint density at radius 1 is 1.06 bits per heavy atom. The summed E-state index contributed by atoms with van der Waals surface area (Å²) in [5.74, 6) is 0.973. The number of rotatable bonds is 7. The molecular weight excluding hydrogens is 392 g/mol. The average Bonchev–Trinajstić information content (AvgIpc) is 3.32. The highest BCUT2D eigenvalue weighted by molar-refractivity contribution is 5.97. The van der Waals surface area contributed by atoms with Gasteiger partial charge in [-0.3, -0.25) is 9.59 Å². The lowest BCUT2D eigenvalue weighted by molar-refractivity contribution is 0.0948. The van der Waals surface area contributed by atoms with Crippen molar-refractivity contribution in [1.29, 1.82) is 0 Å². The van der Waals surface area contributed by atoms with Crippen molar-refractivity contribution in [3.05, 3.63) is 88.6 Å². The second kappa shape index (κ2) is 8.87. The maximum Gasteiger partial charge on any atom is 0.267 e. The van der Waals surface area contributed by atoms with Gasteiger partial charge in [-0.2, -0.15) is 0 Å². The number of nitrogens with zero attached hydrogens (tertiary/aromatic N) is 3. The Balaban J connectivity index is 1.79. The first-order chi connectivity index (χ1) is 15.1. The molecule has 2 aromatic carbocycles. The van der Waals surface area contributed by atoms with Crippen molar-refractivity contribution in [3.63, 3.8) is 0 Å². The maximum atomic E-state index is 13.4. The van der Waals surface area contributed by atoms with Crippen LogP contribution in [0.1, 0.15) is 30.0 Å². The van der Waals surface area contributed by atoms with Crippen LogP contribution in [-0.2, 0) is 6.54 Å². The average molecular weight is 416 g/mol. The van der Waals surface area contributed by atoms with Crippen LogP contribution in [0.15, 0.2) is 76.1 Å². The number of amides is 1. The number of carbonyl (C=O) groups excluding carboxylic acids is 1. The van der Waals surface area contributed by atoms with Crippen molar-refractivity contribution in [2.24, 2.45) is 0 Å². The molecule has 0 spiro atoms. The Hall–Kier alpha value is -3.87. The molecule has 4 rings (SSSR count). The highest BCUT2D eigenvalue weighted by Crippen LogP contribution is 2.20. The third-order valence-electron chi connectivity index (χ3n) is 5.18. The fourth-order valence-corrected chi connectivity index (χ4v) is 3.53. The molecule has 2 heterocycles. The summed E-state index contributed by atoms with van der Waals surface area (Å²) >= 11 is 0. The monoisotopic (exact) mass is 416 g/mol. The Bertz CT molecular complexity index is 1240. The molecule has 0 aliphatic heterocycles. The summed E-state index contributed by atoms with van der Waals surface area (Å²) in [6.45, 7) is 5.73. The first-order valence-electron chi connectivity index (χ1n) is 10.3. The smallest absolute Gasteiger partial charge is 0.267 e. The van der Waals surface area contributed by atoms with Gasteiger partial charge in [-0.25, -0.2) is 9.55 Å². The van der Waals surface area contributed by atoms with E-state index >= 15 is 0 Å². The maximum absolute atomic E-state index is 13.4. The minimum absolute atomic E-state index is 0.166. The number of para-hydroxylation sites is 1. The molecule has 0 fully saturated rings. The summed E-state index contributed by atoms with van der Waals surface area (Å²) in [5.41, 5.74) is 1.52.